The second-order valence-electron chi connectivity index (χ2n) is 5.08. The number of aromatic nitrogens is 1. The van der Waals surface area contributed by atoms with Crippen molar-refractivity contribution >= 4 is 0 Å². The Labute approximate surface area is 126 Å². The van der Waals surface area contributed by atoms with Gasteiger partial charge in [-0.25, -0.2) is 0 Å². The average molecular weight is 311 g/mol. The lowest BCUT2D eigenvalue weighted by Crippen LogP contribution is -2.18. The fourth-order valence-corrected chi connectivity index (χ4v) is 2.22. The van der Waals surface area contributed by atoms with E-state index in [4.69, 9.17) is 4.74 Å². The molecule has 22 heavy (non-hydrogen) atoms. The summed E-state index contributed by atoms with van der Waals surface area (Å²) in [6, 6.07) is 4.75. The van der Waals surface area contributed by atoms with Gasteiger partial charge in [0.1, 0.15) is 0 Å². The van der Waals surface area contributed by atoms with Crippen LogP contribution in [-0.2, 0) is 18.0 Å². The zero-order valence-electron chi connectivity index (χ0n) is 12.4. The third kappa shape index (κ3) is 3.22. The van der Waals surface area contributed by atoms with E-state index < -0.39 is 17.8 Å². The fourth-order valence-electron chi connectivity index (χ4n) is 2.22. The lowest BCUT2D eigenvalue weighted by Gasteiger charge is -2.14. The van der Waals surface area contributed by atoms with Gasteiger partial charge >= 0.3 is 6.18 Å². The number of alkyl halides is 3. The lowest BCUT2D eigenvalue weighted by atomic mass is 10.0. The number of halogens is 3. The highest BCUT2D eigenvalue weighted by molar-refractivity contribution is 5.64. The van der Waals surface area contributed by atoms with Gasteiger partial charge in [0, 0.05) is 37.7 Å². The first-order valence-electron chi connectivity index (χ1n) is 6.64. The molecule has 6 heteroatoms. The summed E-state index contributed by atoms with van der Waals surface area (Å²) in [6.45, 7) is 1.71. The van der Waals surface area contributed by atoms with Crippen molar-refractivity contribution in [3.05, 3.63) is 58.0 Å². The quantitative estimate of drug-likeness (QED) is 0.864. The summed E-state index contributed by atoms with van der Waals surface area (Å²) in [7, 11) is 3.18. The van der Waals surface area contributed by atoms with Crippen LogP contribution in [0.3, 0.4) is 0 Å². The van der Waals surface area contributed by atoms with Crippen LogP contribution >= 0.6 is 0 Å². The van der Waals surface area contributed by atoms with Crippen LogP contribution < -0.4 is 5.43 Å². The first kappa shape index (κ1) is 16.3. The molecule has 0 aliphatic rings. The van der Waals surface area contributed by atoms with Crippen molar-refractivity contribution in [2.24, 2.45) is 7.05 Å². The number of nitrogens with zero attached hydrogens (tertiary/aromatic N) is 1. The average Bonchev–Trinajstić information content (AvgIpc) is 2.47. The van der Waals surface area contributed by atoms with Gasteiger partial charge in [-0.2, -0.15) is 13.2 Å². The minimum absolute atomic E-state index is 0.218. The number of methoxy groups -OCH3 is 1. The Bertz CT molecular complexity index is 735. The SMILES string of the molecule is COC(C)c1cn(C)cc(-c2cccc(C(F)(F)F)c2)c1=O. The van der Waals surface area contributed by atoms with Crippen LogP contribution in [0.5, 0.6) is 0 Å². The third-order valence-electron chi connectivity index (χ3n) is 3.47. The minimum atomic E-state index is -4.45. The molecule has 0 aliphatic heterocycles. The molecule has 2 aromatic rings. The van der Waals surface area contributed by atoms with Crippen molar-refractivity contribution in [1.29, 1.82) is 0 Å². The van der Waals surface area contributed by atoms with Crippen molar-refractivity contribution in [3.63, 3.8) is 0 Å². The summed E-state index contributed by atoms with van der Waals surface area (Å²) in [4.78, 5) is 12.5. The molecule has 0 radical (unpaired) electrons. The van der Waals surface area contributed by atoms with Gasteiger partial charge in [-0.1, -0.05) is 12.1 Å². The zero-order chi connectivity index (χ0) is 16.5. The largest absolute Gasteiger partial charge is 0.416 e. The van der Waals surface area contributed by atoms with Gasteiger partial charge in [-0.15, -0.1) is 0 Å². The summed E-state index contributed by atoms with van der Waals surface area (Å²) in [5, 5.41) is 0. The minimum Gasteiger partial charge on any atom is -0.377 e. The van der Waals surface area contributed by atoms with Crippen molar-refractivity contribution < 1.29 is 17.9 Å². The molecule has 0 amide bonds. The maximum Gasteiger partial charge on any atom is 0.416 e. The number of rotatable bonds is 3. The number of benzene rings is 1. The lowest BCUT2D eigenvalue weighted by molar-refractivity contribution is -0.137. The molecule has 1 heterocycles. The van der Waals surface area contributed by atoms with E-state index in [1.165, 1.54) is 25.4 Å². The first-order valence-corrected chi connectivity index (χ1v) is 6.64. The molecule has 1 unspecified atom stereocenters. The molecular weight excluding hydrogens is 295 g/mol. The van der Waals surface area contributed by atoms with E-state index in [9.17, 15) is 18.0 Å². The van der Waals surface area contributed by atoms with E-state index in [1.807, 2.05) is 0 Å². The number of ether oxygens (including phenoxy) is 1. The molecule has 3 nitrogen and oxygen atoms in total. The summed E-state index contributed by atoms with van der Waals surface area (Å²) >= 11 is 0. The highest BCUT2D eigenvalue weighted by Crippen LogP contribution is 2.31. The van der Waals surface area contributed by atoms with Crippen molar-refractivity contribution in [2.45, 2.75) is 19.2 Å². The molecule has 0 fully saturated rings. The highest BCUT2D eigenvalue weighted by atomic mass is 19.4. The van der Waals surface area contributed by atoms with Crippen LogP contribution in [0.4, 0.5) is 13.2 Å². The molecule has 1 atom stereocenters. The zero-order valence-corrected chi connectivity index (χ0v) is 12.4. The number of hydrogen-bond donors (Lipinski definition) is 0. The standard InChI is InChI=1S/C16H16F3NO2/c1-10(22-3)13-8-20(2)9-14(15(13)21)11-5-4-6-12(7-11)16(17,18)19/h4-10H,1-3H3. The van der Waals surface area contributed by atoms with Gasteiger partial charge in [0.2, 0.25) is 0 Å². The first-order chi connectivity index (χ1) is 10.2. The van der Waals surface area contributed by atoms with Crippen molar-refractivity contribution in [1.82, 2.24) is 4.57 Å². The smallest absolute Gasteiger partial charge is 0.377 e. The van der Waals surface area contributed by atoms with Crippen LogP contribution in [0.1, 0.15) is 24.2 Å². The van der Waals surface area contributed by atoms with E-state index in [0.717, 1.165) is 12.1 Å². The number of hydrogen-bond acceptors (Lipinski definition) is 2. The molecule has 0 saturated heterocycles. The van der Waals surface area contributed by atoms with E-state index in [2.05, 4.69) is 0 Å². The molecule has 0 aliphatic carbocycles. The summed E-state index contributed by atoms with van der Waals surface area (Å²) < 4.78 is 45.3. The molecule has 0 saturated carbocycles. The Morgan fingerprint density at radius 1 is 1.23 bits per heavy atom. The van der Waals surface area contributed by atoms with E-state index >= 15 is 0 Å². The maximum atomic E-state index is 12.8. The van der Waals surface area contributed by atoms with Crippen LogP contribution in [-0.4, -0.2) is 11.7 Å². The third-order valence-corrected chi connectivity index (χ3v) is 3.47. The molecule has 1 aromatic heterocycles. The summed E-state index contributed by atoms with van der Waals surface area (Å²) in [5.74, 6) is 0. The van der Waals surface area contributed by atoms with Gasteiger partial charge in [0.15, 0.2) is 5.43 Å². The molecule has 1 aromatic carbocycles. The van der Waals surface area contributed by atoms with Crippen LogP contribution in [0.2, 0.25) is 0 Å². The molecular formula is C16H16F3NO2. The Morgan fingerprint density at radius 2 is 1.91 bits per heavy atom. The van der Waals surface area contributed by atoms with Crippen LogP contribution in [0.15, 0.2) is 41.5 Å². The Balaban J connectivity index is 2.63. The summed E-state index contributed by atoms with van der Waals surface area (Å²) in [6.07, 6.45) is -1.75. The van der Waals surface area contributed by atoms with Crippen LogP contribution in [0.25, 0.3) is 11.1 Å². The normalized spacial score (nSPS) is 13.2. The fraction of sp³-hybridized carbons (Fsp3) is 0.312. The monoisotopic (exact) mass is 311 g/mol. The van der Waals surface area contributed by atoms with Gasteiger partial charge in [0.05, 0.1) is 11.7 Å². The van der Waals surface area contributed by atoms with E-state index in [1.54, 1.807) is 24.7 Å². The van der Waals surface area contributed by atoms with Crippen LogP contribution in [0, 0.1) is 0 Å². The maximum absolute atomic E-state index is 12.8. The topological polar surface area (TPSA) is 31.2 Å². The molecule has 0 bridgehead atoms. The predicted molar refractivity (Wildman–Crippen MR) is 77.5 cm³/mol. The van der Waals surface area contributed by atoms with Gasteiger partial charge in [-0.05, 0) is 24.6 Å². The Hall–Kier alpha value is -2.08. The Morgan fingerprint density at radius 3 is 2.50 bits per heavy atom. The van der Waals surface area contributed by atoms with Gasteiger partial charge < -0.3 is 9.30 Å². The van der Waals surface area contributed by atoms with Gasteiger partial charge in [-0.3, -0.25) is 4.79 Å². The number of aryl methyl sites for hydroxylation is 1. The van der Waals surface area contributed by atoms with Gasteiger partial charge in [0.25, 0.3) is 0 Å². The second-order valence-corrected chi connectivity index (χ2v) is 5.08. The number of pyridine rings is 1. The second kappa shape index (κ2) is 5.96. The van der Waals surface area contributed by atoms with E-state index in [0.29, 0.717) is 5.56 Å². The molecule has 0 spiro atoms. The van der Waals surface area contributed by atoms with E-state index in [-0.39, 0.29) is 16.6 Å². The highest BCUT2D eigenvalue weighted by Gasteiger charge is 2.30. The Kier molecular flexibility index (Phi) is 4.42. The predicted octanol–water partition coefficient (Wildman–Crippen LogP) is 3.78. The molecule has 118 valence electrons. The van der Waals surface area contributed by atoms with Crippen molar-refractivity contribution in [3.8, 4) is 11.1 Å². The molecule has 0 N–H and O–H groups in total. The van der Waals surface area contributed by atoms with Crippen molar-refractivity contribution in [2.75, 3.05) is 7.11 Å². The summed E-state index contributed by atoms with van der Waals surface area (Å²) in [5.41, 5.74) is -0.250. The molecule has 2 rings (SSSR count).